The highest BCUT2D eigenvalue weighted by Gasteiger charge is 2.22. The first-order chi connectivity index (χ1) is 8.70. The van der Waals surface area contributed by atoms with Crippen LogP contribution in [0.25, 0.3) is 0 Å². The second kappa shape index (κ2) is 6.06. The van der Waals surface area contributed by atoms with E-state index >= 15 is 0 Å². The van der Waals surface area contributed by atoms with Crippen LogP contribution in [-0.4, -0.2) is 24.8 Å². The predicted octanol–water partition coefficient (Wildman–Crippen LogP) is 2.95. The molecule has 1 amide bonds. The van der Waals surface area contributed by atoms with Crippen molar-refractivity contribution in [1.29, 1.82) is 0 Å². The summed E-state index contributed by atoms with van der Waals surface area (Å²) in [6.07, 6.45) is 0.369. The molecule has 0 saturated carbocycles. The smallest absolute Gasteiger partial charge is 0.414 e. The van der Waals surface area contributed by atoms with Gasteiger partial charge in [0.05, 0.1) is 0 Å². The average molecular weight is 264 g/mol. The molecule has 0 aromatic heterocycles. The normalized spacial score (nSPS) is 12.9. The molecule has 0 bridgehead atoms. The average Bonchev–Trinajstić information content (AvgIpc) is 2.25. The third-order valence-electron chi connectivity index (χ3n) is 2.56. The number of ether oxygens (including phenoxy) is 1. The highest BCUT2D eigenvalue weighted by molar-refractivity contribution is 5.88. The third-order valence-corrected chi connectivity index (χ3v) is 2.56. The molecule has 1 rings (SSSR count). The fourth-order valence-corrected chi connectivity index (χ4v) is 1.79. The van der Waals surface area contributed by atoms with Gasteiger partial charge in [-0.05, 0) is 45.7 Å². The number of amides is 1. The van der Waals surface area contributed by atoms with E-state index in [0.29, 0.717) is 0 Å². The molecule has 1 aromatic carbocycles. The molecule has 4 nitrogen and oxygen atoms in total. The number of nitrogens with two attached hydrogens (primary N) is 1. The van der Waals surface area contributed by atoms with Gasteiger partial charge >= 0.3 is 6.09 Å². The molecule has 0 radical (unpaired) electrons. The largest absolute Gasteiger partial charge is 0.443 e. The molecule has 0 aliphatic heterocycles. The lowest BCUT2D eigenvalue weighted by molar-refractivity contribution is 0.0589. The van der Waals surface area contributed by atoms with Gasteiger partial charge in [0.15, 0.2) is 0 Å². The van der Waals surface area contributed by atoms with Crippen LogP contribution in [0.3, 0.4) is 0 Å². The second-order valence-electron chi connectivity index (χ2n) is 5.85. The molecule has 0 heterocycles. The number of rotatable bonds is 3. The lowest BCUT2D eigenvalue weighted by Crippen LogP contribution is -2.35. The number of para-hydroxylation sites is 1. The minimum absolute atomic E-state index is 0.0492. The summed E-state index contributed by atoms with van der Waals surface area (Å²) in [7, 11) is 1.72. The molecule has 1 unspecified atom stereocenters. The Bertz CT molecular complexity index is 436. The molecule has 0 aliphatic rings. The Hall–Kier alpha value is -1.55. The van der Waals surface area contributed by atoms with E-state index in [4.69, 9.17) is 10.5 Å². The zero-order chi connectivity index (χ0) is 14.6. The van der Waals surface area contributed by atoms with E-state index < -0.39 is 5.60 Å². The van der Waals surface area contributed by atoms with Crippen LogP contribution in [0.5, 0.6) is 0 Å². The maximum Gasteiger partial charge on any atom is 0.414 e. The number of nitrogens with zero attached hydrogens (tertiary/aromatic N) is 1. The van der Waals surface area contributed by atoms with Crippen LogP contribution >= 0.6 is 0 Å². The number of hydrogen-bond donors (Lipinski definition) is 1. The fourth-order valence-electron chi connectivity index (χ4n) is 1.79. The Balaban J connectivity index is 2.93. The summed E-state index contributed by atoms with van der Waals surface area (Å²) in [6.45, 7) is 7.51. The van der Waals surface area contributed by atoms with E-state index in [1.165, 1.54) is 4.90 Å². The molecule has 1 atom stereocenters. The Morgan fingerprint density at radius 3 is 2.47 bits per heavy atom. The van der Waals surface area contributed by atoms with Crippen molar-refractivity contribution in [1.82, 2.24) is 0 Å². The summed E-state index contributed by atoms with van der Waals surface area (Å²) < 4.78 is 5.37. The first kappa shape index (κ1) is 15.5. The van der Waals surface area contributed by atoms with Gasteiger partial charge in [-0.15, -0.1) is 0 Å². The number of anilines is 1. The maximum atomic E-state index is 12.1. The third kappa shape index (κ3) is 4.91. The van der Waals surface area contributed by atoms with E-state index in [0.717, 1.165) is 17.7 Å². The van der Waals surface area contributed by atoms with Crippen molar-refractivity contribution in [2.75, 3.05) is 11.9 Å². The molecule has 2 N–H and O–H groups in total. The van der Waals surface area contributed by atoms with E-state index in [1.54, 1.807) is 7.05 Å². The van der Waals surface area contributed by atoms with E-state index in [2.05, 4.69) is 0 Å². The maximum absolute atomic E-state index is 12.1. The first-order valence-corrected chi connectivity index (χ1v) is 6.51. The lowest BCUT2D eigenvalue weighted by atomic mass is 10.1. The van der Waals surface area contributed by atoms with Crippen LogP contribution in [0, 0.1) is 0 Å². The number of carbonyl (C=O) groups is 1. The van der Waals surface area contributed by atoms with Crippen molar-refractivity contribution >= 4 is 11.8 Å². The van der Waals surface area contributed by atoms with Gasteiger partial charge in [0.1, 0.15) is 5.60 Å². The summed E-state index contributed by atoms with van der Waals surface area (Å²) in [5.41, 5.74) is 7.23. The summed E-state index contributed by atoms with van der Waals surface area (Å²) in [5, 5.41) is 0. The highest BCUT2D eigenvalue weighted by atomic mass is 16.6. The van der Waals surface area contributed by atoms with Gasteiger partial charge < -0.3 is 10.5 Å². The highest BCUT2D eigenvalue weighted by Crippen LogP contribution is 2.22. The molecule has 0 saturated heterocycles. The predicted molar refractivity (Wildman–Crippen MR) is 78.4 cm³/mol. The van der Waals surface area contributed by atoms with Crippen LogP contribution in [-0.2, 0) is 11.2 Å². The van der Waals surface area contributed by atoms with Gasteiger partial charge in [-0.2, -0.15) is 0 Å². The molecule has 106 valence electrons. The SMILES string of the molecule is CC(N)Cc1ccccc1N(C)C(=O)OC(C)(C)C. The summed E-state index contributed by atoms with van der Waals surface area (Å²) in [4.78, 5) is 13.6. The topological polar surface area (TPSA) is 55.6 Å². The summed E-state index contributed by atoms with van der Waals surface area (Å²) in [5.74, 6) is 0. The van der Waals surface area contributed by atoms with E-state index in [9.17, 15) is 4.79 Å². The minimum atomic E-state index is -0.499. The second-order valence-corrected chi connectivity index (χ2v) is 5.85. The zero-order valence-electron chi connectivity index (χ0n) is 12.4. The van der Waals surface area contributed by atoms with Crippen LogP contribution in [0.1, 0.15) is 33.3 Å². The van der Waals surface area contributed by atoms with Gasteiger partial charge in [0, 0.05) is 18.8 Å². The van der Waals surface area contributed by atoms with Gasteiger partial charge in [-0.1, -0.05) is 18.2 Å². The summed E-state index contributed by atoms with van der Waals surface area (Å²) >= 11 is 0. The van der Waals surface area contributed by atoms with Crippen molar-refractivity contribution in [2.45, 2.75) is 45.8 Å². The number of hydrogen-bond acceptors (Lipinski definition) is 3. The fraction of sp³-hybridized carbons (Fsp3) is 0.533. The molecule has 0 aliphatic carbocycles. The molecule has 1 aromatic rings. The quantitative estimate of drug-likeness (QED) is 0.913. The Labute approximate surface area is 115 Å². The van der Waals surface area contributed by atoms with Crippen molar-refractivity contribution in [3.05, 3.63) is 29.8 Å². The zero-order valence-corrected chi connectivity index (χ0v) is 12.4. The van der Waals surface area contributed by atoms with E-state index in [1.807, 2.05) is 52.0 Å². The lowest BCUT2D eigenvalue weighted by Gasteiger charge is -2.26. The standard InChI is InChI=1S/C15H24N2O2/c1-11(16)10-12-8-6-7-9-13(12)17(5)14(18)19-15(2,3)4/h6-9,11H,10,16H2,1-5H3. The Morgan fingerprint density at radius 1 is 1.37 bits per heavy atom. The van der Waals surface area contributed by atoms with Crippen LogP contribution < -0.4 is 10.6 Å². The van der Waals surface area contributed by atoms with Crippen LogP contribution in [0.2, 0.25) is 0 Å². The van der Waals surface area contributed by atoms with Crippen molar-refractivity contribution in [3.8, 4) is 0 Å². The first-order valence-electron chi connectivity index (χ1n) is 6.51. The molecular weight excluding hydrogens is 240 g/mol. The minimum Gasteiger partial charge on any atom is -0.443 e. The monoisotopic (exact) mass is 264 g/mol. The number of benzene rings is 1. The number of carbonyl (C=O) groups excluding carboxylic acids is 1. The van der Waals surface area contributed by atoms with Gasteiger partial charge in [-0.3, -0.25) is 4.90 Å². The Morgan fingerprint density at radius 2 is 1.95 bits per heavy atom. The molecule has 0 fully saturated rings. The van der Waals surface area contributed by atoms with Gasteiger partial charge in [0.25, 0.3) is 0 Å². The Kier molecular flexibility index (Phi) is 4.95. The van der Waals surface area contributed by atoms with Crippen LogP contribution in [0.4, 0.5) is 10.5 Å². The van der Waals surface area contributed by atoms with Crippen molar-refractivity contribution in [2.24, 2.45) is 5.73 Å². The van der Waals surface area contributed by atoms with Crippen LogP contribution in [0.15, 0.2) is 24.3 Å². The van der Waals surface area contributed by atoms with Gasteiger partial charge in [-0.25, -0.2) is 4.79 Å². The van der Waals surface area contributed by atoms with Gasteiger partial charge in [0.2, 0.25) is 0 Å². The van der Waals surface area contributed by atoms with E-state index in [-0.39, 0.29) is 12.1 Å². The molecule has 0 spiro atoms. The molecule has 19 heavy (non-hydrogen) atoms. The molecule has 4 heteroatoms. The molecular formula is C15H24N2O2. The summed E-state index contributed by atoms with van der Waals surface area (Å²) in [6, 6.07) is 7.79. The van der Waals surface area contributed by atoms with Crippen molar-refractivity contribution < 1.29 is 9.53 Å². The van der Waals surface area contributed by atoms with Crippen molar-refractivity contribution in [3.63, 3.8) is 0 Å².